The molecule has 2 aromatic carbocycles. The third-order valence-electron chi connectivity index (χ3n) is 10.1. The van der Waals surface area contributed by atoms with E-state index in [9.17, 15) is 19.5 Å². The van der Waals surface area contributed by atoms with E-state index < -0.39 is 12.2 Å². The number of carbonyl (C=O) groups is 3. The minimum Gasteiger partial charge on any atom is -0.463 e. The van der Waals surface area contributed by atoms with Crippen molar-refractivity contribution in [1.82, 2.24) is 10.6 Å². The topological polar surface area (TPSA) is 142 Å². The molecule has 2 aliphatic heterocycles. The van der Waals surface area contributed by atoms with Gasteiger partial charge in [0.05, 0.1) is 43.6 Å². The number of fused-ring (bicyclic) bond motifs is 2. The molecule has 0 bridgehead atoms. The van der Waals surface area contributed by atoms with Crippen molar-refractivity contribution in [3.63, 3.8) is 0 Å². The number of amides is 2. The van der Waals surface area contributed by atoms with E-state index in [-0.39, 0.29) is 78.3 Å². The Morgan fingerprint density at radius 3 is 1.64 bits per heavy atom. The van der Waals surface area contributed by atoms with Crippen molar-refractivity contribution >= 4 is 18.2 Å². The van der Waals surface area contributed by atoms with Crippen molar-refractivity contribution in [2.24, 2.45) is 23.7 Å². The molecule has 11 heteroatoms. The van der Waals surface area contributed by atoms with E-state index in [1.165, 1.54) is 6.92 Å². The highest BCUT2D eigenvalue weighted by Crippen LogP contribution is 2.40. The molecule has 2 aromatic rings. The van der Waals surface area contributed by atoms with Crippen LogP contribution in [-0.4, -0.2) is 72.0 Å². The summed E-state index contributed by atoms with van der Waals surface area (Å²) in [7, 11) is 0. The first-order valence-corrected chi connectivity index (χ1v) is 16.6. The molecule has 11 nitrogen and oxygen atoms in total. The van der Waals surface area contributed by atoms with Crippen molar-refractivity contribution in [2.45, 2.75) is 109 Å². The van der Waals surface area contributed by atoms with E-state index in [0.717, 1.165) is 11.1 Å². The van der Waals surface area contributed by atoms with Gasteiger partial charge in [-0.1, -0.05) is 74.5 Å². The first-order chi connectivity index (χ1) is 22.5. The van der Waals surface area contributed by atoms with Crippen molar-refractivity contribution in [1.29, 1.82) is 0 Å². The number of benzene rings is 2. The SMILES string of the molecule is CC(=O)OC(C)[C@H]1C[C@@H]2OC(=O)N[C@@H]2[C@@H](OCc2ccccc2)[C@@H]1C.CC(O)[C@H]1C[C@@H]2OC(=O)N[C@@H]2[C@@H](OCc2ccccc2)[C@@H]1C. The average molecular weight is 653 g/mol. The number of alkyl carbamates (subject to hydrolysis) is 2. The van der Waals surface area contributed by atoms with E-state index in [0.29, 0.717) is 26.1 Å². The Morgan fingerprint density at radius 2 is 1.21 bits per heavy atom. The van der Waals surface area contributed by atoms with Gasteiger partial charge in [0.15, 0.2) is 0 Å². The summed E-state index contributed by atoms with van der Waals surface area (Å²) < 4.78 is 28.4. The highest BCUT2D eigenvalue weighted by molar-refractivity contribution is 5.71. The van der Waals surface area contributed by atoms with Gasteiger partial charge in [-0.15, -0.1) is 0 Å². The molecule has 47 heavy (non-hydrogen) atoms. The van der Waals surface area contributed by atoms with E-state index in [1.807, 2.05) is 67.6 Å². The van der Waals surface area contributed by atoms with Gasteiger partial charge in [-0.25, -0.2) is 9.59 Å². The second kappa shape index (κ2) is 15.5. The molecule has 2 unspecified atom stereocenters. The van der Waals surface area contributed by atoms with Crippen molar-refractivity contribution in [3.8, 4) is 0 Å². The number of nitrogens with one attached hydrogen (secondary N) is 2. The van der Waals surface area contributed by atoms with Crippen LogP contribution in [0.25, 0.3) is 0 Å². The zero-order valence-corrected chi connectivity index (χ0v) is 27.7. The third-order valence-corrected chi connectivity index (χ3v) is 10.1. The lowest BCUT2D eigenvalue weighted by molar-refractivity contribution is -0.155. The number of esters is 1. The van der Waals surface area contributed by atoms with Gasteiger partial charge in [-0.05, 0) is 55.6 Å². The zero-order valence-electron chi connectivity index (χ0n) is 27.7. The Labute approximate surface area is 276 Å². The largest absolute Gasteiger partial charge is 0.463 e. The fourth-order valence-corrected chi connectivity index (χ4v) is 7.68. The molecule has 12 atom stereocenters. The second-order valence-electron chi connectivity index (χ2n) is 13.3. The number of carbonyl (C=O) groups excluding carboxylic acids is 3. The second-order valence-corrected chi connectivity index (χ2v) is 13.3. The van der Waals surface area contributed by atoms with E-state index in [4.69, 9.17) is 23.7 Å². The molecule has 2 amide bonds. The summed E-state index contributed by atoms with van der Waals surface area (Å²) in [4.78, 5) is 34.6. The summed E-state index contributed by atoms with van der Waals surface area (Å²) >= 11 is 0. The average Bonchev–Trinajstić information content (AvgIpc) is 3.61. The number of aliphatic hydroxyl groups excluding tert-OH is 1. The predicted molar refractivity (Wildman–Crippen MR) is 172 cm³/mol. The van der Waals surface area contributed by atoms with Crippen LogP contribution in [0, 0.1) is 23.7 Å². The minimum atomic E-state index is -0.446. The lowest BCUT2D eigenvalue weighted by Gasteiger charge is -2.43. The van der Waals surface area contributed by atoms with Crippen LogP contribution in [0.15, 0.2) is 60.7 Å². The van der Waals surface area contributed by atoms with Crippen LogP contribution in [0.4, 0.5) is 9.59 Å². The molecule has 256 valence electrons. The number of aliphatic hydroxyl groups is 1. The van der Waals surface area contributed by atoms with Crippen molar-refractivity contribution < 1.29 is 43.2 Å². The van der Waals surface area contributed by atoms with Crippen LogP contribution in [0.2, 0.25) is 0 Å². The Kier molecular flexibility index (Phi) is 11.4. The van der Waals surface area contributed by atoms with Crippen LogP contribution in [-0.2, 0) is 41.7 Å². The van der Waals surface area contributed by atoms with E-state index in [1.54, 1.807) is 6.92 Å². The maximum Gasteiger partial charge on any atom is 0.407 e. The maximum absolute atomic E-state index is 11.7. The smallest absolute Gasteiger partial charge is 0.407 e. The first kappa shape index (κ1) is 34.7. The van der Waals surface area contributed by atoms with Gasteiger partial charge < -0.3 is 39.4 Å². The summed E-state index contributed by atoms with van der Waals surface area (Å²) in [6.45, 7) is 10.2. The van der Waals surface area contributed by atoms with Crippen LogP contribution >= 0.6 is 0 Å². The predicted octanol–water partition coefficient (Wildman–Crippen LogP) is 4.74. The lowest BCUT2D eigenvalue weighted by Crippen LogP contribution is -2.55. The normalized spacial score (nSPS) is 33.7. The summed E-state index contributed by atoms with van der Waals surface area (Å²) in [6, 6.07) is 19.6. The van der Waals surface area contributed by atoms with Gasteiger partial charge in [0.1, 0.15) is 18.3 Å². The number of ether oxygens (including phenoxy) is 5. The molecule has 0 aromatic heterocycles. The molecule has 2 heterocycles. The molecule has 6 rings (SSSR count). The lowest BCUT2D eigenvalue weighted by atomic mass is 9.72. The molecule has 4 aliphatic rings. The standard InChI is InChI=1S/C19H25NO5.C17H23NO4/c1-11-15(12(2)24-13(3)21)9-16-17(20-19(22)25-16)18(11)23-10-14-7-5-4-6-8-14;1-10-13(11(2)19)8-14-15(18-17(20)22-14)16(10)21-9-12-6-4-3-5-7-12/h4-8,11-12,15-18H,9-10H2,1-3H3,(H,20,22);3-7,10-11,13-16,19H,8-9H2,1-2H3,(H,18,20)/t11-,12?,15+,16+,17+,18+;10-,11?,13+,14+,15+,16+/m11/s1. The van der Waals surface area contributed by atoms with Gasteiger partial charge in [0, 0.05) is 12.8 Å². The summed E-state index contributed by atoms with van der Waals surface area (Å²) in [5.74, 6) is 0.0896. The number of rotatable bonds is 9. The van der Waals surface area contributed by atoms with Gasteiger partial charge in [0.25, 0.3) is 0 Å². The van der Waals surface area contributed by atoms with E-state index >= 15 is 0 Å². The zero-order chi connectivity index (χ0) is 33.7. The first-order valence-electron chi connectivity index (χ1n) is 16.6. The quantitative estimate of drug-likeness (QED) is 0.259. The van der Waals surface area contributed by atoms with Crippen LogP contribution in [0.1, 0.15) is 58.6 Å². The van der Waals surface area contributed by atoms with Gasteiger partial charge in [0.2, 0.25) is 0 Å². The van der Waals surface area contributed by atoms with Crippen LogP contribution in [0.3, 0.4) is 0 Å². The maximum atomic E-state index is 11.7. The number of hydrogen-bond acceptors (Lipinski definition) is 9. The summed E-state index contributed by atoms with van der Waals surface area (Å²) in [5.41, 5.74) is 2.17. The minimum absolute atomic E-state index is 0.0646. The van der Waals surface area contributed by atoms with Crippen molar-refractivity contribution in [3.05, 3.63) is 71.8 Å². The van der Waals surface area contributed by atoms with Crippen molar-refractivity contribution in [2.75, 3.05) is 0 Å². The Bertz CT molecular complexity index is 1340. The Morgan fingerprint density at radius 1 is 0.787 bits per heavy atom. The molecule has 0 spiro atoms. The van der Waals surface area contributed by atoms with Gasteiger partial charge >= 0.3 is 18.2 Å². The highest BCUT2D eigenvalue weighted by atomic mass is 16.6. The molecular weight excluding hydrogens is 604 g/mol. The van der Waals surface area contributed by atoms with Gasteiger partial charge in [-0.3, -0.25) is 4.79 Å². The highest BCUT2D eigenvalue weighted by Gasteiger charge is 2.52. The summed E-state index contributed by atoms with van der Waals surface area (Å²) in [5, 5.41) is 15.8. The fraction of sp³-hybridized carbons (Fsp3) is 0.583. The Balaban J connectivity index is 0.000000186. The van der Waals surface area contributed by atoms with Gasteiger partial charge in [-0.2, -0.15) is 0 Å². The molecule has 2 saturated carbocycles. The number of hydrogen-bond donors (Lipinski definition) is 3. The molecule has 0 radical (unpaired) electrons. The Hall–Kier alpha value is -3.67. The molecule has 3 N–H and O–H groups in total. The molecular formula is C36H48N2O9. The van der Waals surface area contributed by atoms with Crippen LogP contribution in [0.5, 0.6) is 0 Å². The summed E-state index contributed by atoms with van der Waals surface area (Å²) in [6.07, 6.45) is -1.00. The molecule has 2 aliphatic carbocycles. The third kappa shape index (κ3) is 8.44. The monoisotopic (exact) mass is 652 g/mol. The fourth-order valence-electron chi connectivity index (χ4n) is 7.68. The molecule has 2 saturated heterocycles. The molecule has 4 fully saturated rings. The van der Waals surface area contributed by atoms with E-state index in [2.05, 4.69) is 24.5 Å². The van der Waals surface area contributed by atoms with Crippen LogP contribution < -0.4 is 10.6 Å².